The molecule has 0 spiro atoms. The first-order valence-corrected chi connectivity index (χ1v) is 11.4. The lowest BCUT2D eigenvalue weighted by atomic mass is 9.86. The molecule has 31 heavy (non-hydrogen) atoms. The number of hydrogen-bond acceptors (Lipinski definition) is 4. The minimum Gasteiger partial charge on any atom is -0.340 e. The summed E-state index contributed by atoms with van der Waals surface area (Å²) in [4.78, 5) is 22.7. The van der Waals surface area contributed by atoms with Crippen LogP contribution in [0.15, 0.2) is 47.4 Å². The van der Waals surface area contributed by atoms with Gasteiger partial charge in [-0.05, 0) is 105 Å². The van der Waals surface area contributed by atoms with E-state index in [0.717, 1.165) is 22.8 Å². The monoisotopic (exact) mass is 414 g/mol. The van der Waals surface area contributed by atoms with Gasteiger partial charge in [0.15, 0.2) is 0 Å². The molecule has 1 aliphatic carbocycles. The van der Waals surface area contributed by atoms with Crippen LogP contribution in [0, 0.1) is 6.92 Å². The van der Waals surface area contributed by atoms with Crippen molar-refractivity contribution in [2.24, 2.45) is 0 Å². The van der Waals surface area contributed by atoms with Gasteiger partial charge >= 0.3 is 0 Å². The first-order chi connectivity index (χ1) is 15.1. The minimum absolute atomic E-state index is 0.129. The standard InChI is InChI=1S/C26H30N4O/c1-3-4-20-16-19-9-12-27-26(31)24(19)25(28-20)29-21-5-8-23(17(2)15-21)18-10-13-30(14-11-18)22-6-7-22/h3-5,8-9,12,15-16,18,22H,6-7,10-11,13-14H2,1-2H3,(H,27,31)(H,28,29). The van der Waals surface area contributed by atoms with Crippen molar-refractivity contribution in [2.75, 3.05) is 18.4 Å². The Balaban J connectivity index is 1.41. The van der Waals surface area contributed by atoms with Gasteiger partial charge in [-0.3, -0.25) is 4.79 Å². The van der Waals surface area contributed by atoms with Crippen molar-refractivity contribution in [1.82, 2.24) is 14.9 Å². The zero-order chi connectivity index (χ0) is 21.4. The summed E-state index contributed by atoms with van der Waals surface area (Å²) >= 11 is 0. The van der Waals surface area contributed by atoms with Gasteiger partial charge in [-0.2, -0.15) is 0 Å². The first-order valence-electron chi connectivity index (χ1n) is 11.4. The third kappa shape index (κ3) is 4.15. The number of piperidine rings is 1. The highest BCUT2D eigenvalue weighted by atomic mass is 16.1. The van der Waals surface area contributed by atoms with E-state index in [1.165, 1.54) is 49.9 Å². The molecule has 3 aromatic rings. The van der Waals surface area contributed by atoms with E-state index < -0.39 is 0 Å². The zero-order valence-corrected chi connectivity index (χ0v) is 18.3. The highest BCUT2D eigenvalue weighted by molar-refractivity contribution is 5.93. The molecule has 2 fully saturated rings. The van der Waals surface area contributed by atoms with Gasteiger partial charge < -0.3 is 15.2 Å². The number of allylic oxidation sites excluding steroid dienone is 1. The molecule has 160 valence electrons. The highest BCUT2D eigenvalue weighted by Crippen LogP contribution is 2.36. The van der Waals surface area contributed by atoms with Gasteiger partial charge in [0.05, 0.1) is 11.1 Å². The highest BCUT2D eigenvalue weighted by Gasteiger charge is 2.32. The van der Waals surface area contributed by atoms with Crippen LogP contribution in [0.1, 0.15) is 55.3 Å². The number of pyridine rings is 2. The van der Waals surface area contributed by atoms with E-state index in [1.807, 2.05) is 31.2 Å². The molecule has 0 radical (unpaired) electrons. The van der Waals surface area contributed by atoms with Crippen LogP contribution in [0.25, 0.3) is 16.8 Å². The zero-order valence-electron chi connectivity index (χ0n) is 18.3. The van der Waals surface area contributed by atoms with Gasteiger partial charge in [-0.1, -0.05) is 12.1 Å². The SMILES string of the molecule is CC=Cc1cc2cc[nH]c(=O)c2c(Nc2ccc(C3CCN(C4CC4)CC3)c(C)c2)n1. The number of likely N-dealkylation sites (tertiary alicyclic amines) is 1. The molecule has 0 bridgehead atoms. The smallest absolute Gasteiger partial charge is 0.259 e. The average molecular weight is 415 g/mol. The average Bonchev–Trinajstić information content (AvgIpc) is 3.60. The molecular formula is C26H30N4O. The molecule has 2 aliphatic rings. The molecule has 1 aliphatic heterocycles. The molecule has 5 nitrogen and oxygen atoms in total. The van der Waals surface area contributed by atoms with Crippen LogP contribution >= 0.6 is 0 Å². The van der Waals surface area contributed by atoms with Crippen LogP contribution in [0.2, 0.25) is 0 Å². The Labute approximate surface area is 183 Å². The summed E-state index contributed by atoms with van der Waals surface area (Å²) in [6, 6.07) is 11.3. The summed E-state index contributed by atoms with van der Waals surface area (Å²) in [6.45, 7) is 6.62. The Kier molecular flexibility index (Phi) is 5.36. The molecule has 0 unspecified atom stereocenters. The minimum atomic E-state index is -0.129. The maximum absolute atomic E-state index is 12.5. The molecule has 1 saturated heterocycles. The largest absolute Gasteiger partial charge is 0.340 e. The number of benzene rings is 1. The lowest BCUT2D eigenvalue weighted by Crippen LogP contribution is -2.34. The second kappa shape index (κ2) is 8.31. The van der Waals surface area contributed by atoms with E-state index in [1.54, 1.807) is 6.20 Å². The molecule has 5 rings (SSSR count). The Morgan fingerprint density at radius 3 is 2.65 bits per heavy atom. The molecule has 3 heterocycles. The second-order valence-electron chi connectivity index (χ2n) is 8.90. The lowest BCUT2D eigenvalue weighted by molar-refractivity contribution is 0.203. The molecule has 0 amide bonds. The number of rotatable bonds is 5. The number of fused-ring (bicyclic) bond motifs is 1. The number of nitrogens with zero attached hydrogens (tertiary/aromatic N) is 2. The Hall–Kier alpha value is -2.92. The fraction of sp³-hybridized carbons (Fsp3) is 0.385. The number of aromatic amines is 1. The van der Waals surface area contributed by atoms with Crippen LogP contribution in [0.3, 0.4) is 0 Å². The fourth-order valence-electron chi connectivity index (χ4n) is 4.94. The van der Waals surface area contributed by atoms with E-state index in [2.05, 4.69) is 40.3 Å². The van der Waals surface area contributed by atoms with E-state index >= 15 is 0 Å². The van der Waals surface area contributed by atoms with Crippen LogP contribution in [0.5, 0.6) is 0 Å². The van der Waals surface area contributed by atoms with Crippen LogP contribution in [-0.2, 0) is 0 Å². The van der Waals surface area contributed by atoms with Gasteiger partial charge in [0.25, 0.3) is 5.56 Å². The number of H-pyrrole nitrogens is 1. The molecule has 2 N–H and O–H groups in total. The first kappa shape index (κ1) is 20.0. The van der Waals surface area contributed by atoms with E-state index in [4.69, 9.17) is 4.98 Å². The summed E-state index contributed by atoms with van der Waals surface area (Å²) < 4.78 is 0. The fourth-order valence-corrected chi connectivity index (χ4v) is 4.94. The van der Waals surface area contributed by atoms with Gasteiger partial charge in [-0.25, -0.2) is 4.98 Å². The van der Waals surface area contributed by atoms with E-state index in [9.17, 15) is 4.79 Å². The second-order valence-corrected chi connectivity index (χ2v) is 8.90. The van der Waals surface area contributed by atoms with E-state index in [-0.39, 0.29) is 5.56 Å². The van der Waals surface area contributed by atoms with Gasteiger partial charge in [-0.15, -0.1) is 0 Å². The maximum Gasteiger partial charge on any atom is 0.259 e. The lowest BCUT2D eigenvalue weighted by Gasteiger charge is -2.33. The summed E-state index contributed by atoms with van der Waals surface area (Å²) in [5.41, 5.74) is 4.43. The third-order valence-corrected chi connectivity index (χ3v) is 6.68. The third-order valence-electron chi connectivity index (χ3n) is 6.68. The molecule has 5 heteroatoms. The predicted octanol–water partition coefficient (Wildman–Crippen LogP) is 5.35. The maximum atomic E-state index is 12.5. The molecule has 2 aromatic heterocycles. The summed E-state index contributed by atoms with van der Waals surface area (Å²) in [5, 5.41) is 4.88. The Morgan fingerprint density at radius 2 is 1.94 bits per heavy atom. The molecular weight excluding hydrogens is 384 g/mol. The van der Waals surface area contributed by atoms with Crippen molar-refractivity contribution in [3.05, 3.63) is 69.8 Å². The Morgan fingerprint density at radius 1 is 1.13 bits per heavy atom. The van der Waals surface area contributed by atoms with Crippen LogP contribution in [-0.4, -0.2) is 34.0 Å². The van der Waals surface area contributed by atoms with Crippen molar-refractivity contribution >= 4 is 28.4 Å². The summed E-state index contributed by atoms with van der Waals surface area (Å²) in [5.74, 6) is 1.24. The Bertz CT molecular complexity index is 1180. The predicted molar refractivity (Wildman–Crippen MR) is 128 cm³/mol. The van der Waals surface area contributed by atoms with Crippen LogP contribution < -0.4 is 10.9 Å². The van der Waals surface area contributed by atoms with Gasteiger partial charge in [0, 0.05) is 17.9 Å². The van der Waals surface area contributed by atoms with Crippen molar-refractivity contribution in [2.45, 2.75) is 51.5 Å². The van der Waals surface area contributed by atoms with Crippen molar-refractivity contribution < 1.29 is 0 Å². The van der Waals surface area contributed by atoms with Gasteiger partial charge in [0.2, 0.25) is 0 Å². The van der Waals surface area contributed by atoms with Crippen molar-refractivity contribution in [3.8, 4) is 0 Å². The number of nitrogens with one attached hydrogen (secondary N) is 2. The number of anilines is 2. The number of aryl methyl sites for hydroxylation is 1. The summed E-state index contributed by atoms with van der Waals surface area (Å²) in [7, 11) is 0. The topological polar surface area (TPSA) is 61.0 Å². The van der Waals surface area contributed by atoms with Crippen molar-refractivity contribution in [1.29, 1.82) is 0 Å². The quantitative estimate of drug-likeness (QED) is 0.591. The molecule has 0 atom stereocenters. The van der Waals surface area contributed by atoms with Crippen LogP contribution in [0.4, 0.5) is 11.5 Å². The molecule has 1 saturated carbocycles. The molecule has 1 aromatic carbocycles. The van der Waals surface area contributed by atoms with Crippen molar-refractivity contribution in [3.63, 3.8) is 0 Å². The number of aromatic nitrogens is 2. The normalized spacial score (nSPS) is 18.1. The number of hydrogen-bond donors (Lipinski definition) is 2. The van der Waals surface area contributed by atoms with Gasteiger partial charge in [0.1, 0.15) is 5.82 Å². The van der Waals surface area contributed by atoms with E-state index in [0.29, 0.717) is 17.1 Å². The summed E-state index contributed by atoms with van der Waals surface area (Å²) in [6.07, 6.45) is 10.9.